The number of benzene rings is 3. The largest absolute Gasteiger partial charge is 0.496 e. The quantitative estimate of drug-likeness (QED) is 0.241. The number of methoxy groups -OCH3 is 1. The lowest BCUT2D eigenvalue weighted by Crippen LogP contribution is -2.08. The molecule has 1 heterocycles. The van der Waals surface area contributed by atoms with Gasteiger partial charge in [0.05, 0.1) is 13.4 Å². The zero-order valence-electron chi connectivity index (χ0n) is 19.5. The van der Waals surface area contributed by atoms with Gasteiger partial charge in [0.15, 0.2) is 0 Å². The fraction of sp³-hybridized carbons (Fsp3) is 0.179. The summed E-state index contributed by atoms with van der Waals surface area (Å²) in [6.45, 7) is 6.10. The lowest BCUT2D eigenvalue weighted by Gasteiger charge is -2.11. The molecule has 1 amide bonds. The molecular formula is C28H27NO3S. The highest BCUT2D eigenvalue weighted by molar-refractivity contribution is 7.98. The van der Waals surface area contributed by atoms with E-state index in [0.29, 0.717) is 5.75 Å². The first-order valence-electron chi connectivity index (χ1n) is 10.7. The van der Waals surface area contributed by atoms with Crippen LogP contribution in [0.5, 0.6) is 5.75 Å². The summed E-state index contributed by atoms with van der Waals surface area (Å²) in [6.07, 6.45) is 5.41. The molecule has 0 saturated heterocycles. The number of carbonyl (C=O) groups excluding carboxylic acids is 1. The van der Waals surface area contributed by atoms with Gasteiger partial charge in [-0.1, -0.05) is 23.8 Å². The second kappa shape index (κ2) is 9.59. The van der Waals surface area contributed by atoms with Gasteiger partial charge in [-0.25, -0.2) is 0 Å². The molecule has 0 fully saturated rings. The number of allylic oxidation sites excluding steroid dienone is 1. The van der Waals surface area contributed by atoms with Crippen LogP contribution in [-0.4, -0.2) is 19.3 Å². The summed E-state index contributed by atoms with van der Waals surface area (Å²) in [4.78, 5) is 13.8. The van der Waals surface area contributed by atoms with Crippen molar-refractivity contribution in [3.63, 3.8) is 0 Å². The summed E-state index contributed by atoms with van der Waals surface area (Å²) < 4.78 is 11.5. The standard InChI is InChI=1S/C28H27NO3S/c1-17-6-11-22(18(2)12-17)25-16-32-27-15-26(31-4)23(14-24(25)27)19(3)13-28(30)29-20-7-9-21(33-5)10-8-20/h6-16H,1-5H3,(H,29,30)/b19-13+. The molecule has 1 N–H and O–H groups in total. The Kier molecular flexibility index (Phi) is 6.61. The van der Waals surface area contributed by atoms with Gasteiger partial charge in [-0.15, -0.1) is 11.8 Å². The van der Waals surface area contributed by atoms with Gasteiger partial charge in [0.25, 0.3) is 0 Å². The Morgan fingerprint density at radius 2 is 1.79 bits per heavy atom. The Morgan fingerprint density at radius 1 is 1.03 bits per heavy atom. The number of nitrogens with one attached hydrogen (secondary N) is 1. The second-order valence-corrected chi connectivity index (χ2v) is 8.94. The van der Waals surface area contributed by atoms with Crippen LogP contribution < -0.4 is 10.1 Å². The molecule has 0 aliphatic rings. The maximum Gasteiger partial charge on any atom is 0.248 e. The van der Waals surface area contributed by atoms with E-state index in [9.17, 15) is 4.79 Å². The van der Waals surface area contributed by atoms with Gasteiger partial charge in [0, 0.05) is 39.2 Å². The van der Waals surface area contributed by atoms with Crippen molar-refractivity contribution in [1.29, 1.82) is 0 Å². The van der Waals surface area contributed by atoms with E-state index < -0.39 is 0 Å². The molecule has 4 rings (SSSR count). The zero-order chi connectivity index (χ0) is 23.5. The summed E-state index contributed by atoms with van der Waals surface area (Å²) in [5.41, 5.74) is 7.73. The van der Waals surface area contributed by atoms with E-state index in [4.69, 9.17) is 9.15 Å². The third-order valence-corrected chi connectivity index (χ3v) is 6.44. The molecule has 1 aromatic heterocycles. The number of fused-ring (bicyclic) bond motifs is 1. The summed E-state index contributed by atoms with van der Waals surface area (Å²) in [5, 5.41) is 3.91. The highest BCUT2D eigenvalue weighted by Crippen LogP contribution is 2.38. The fourth-order valence-corrected chi connectivity index (χ4v) is 4.39. The Bertz CT molecular complexity index is 1350. The molecule has 5 heteroatoms. The molecule has 3 aromatic carbocycles. The molecule has 168 valence electrons. The first-order chi connectivity index (χ1) is 15.9. The smallest absolute Gasteiger partial charge is 0.248 e. The van der Waals surface area contributed by atoms with Crippen LogP contribution in [0.25, 0.3) is 27.7 Å². The van der Waals surface area contributed by atoms with E-state index in [1.807, 2.05) is 49.6 Å². The van der Waals surface area contributed by atoms with E-state index in [0.717, 1.165) is 43.8 Å². The van der Waals surface area contributed by atoms with Crippen LogP contribution in [0.2, 0.25) is 0 Å². The molecule has 0 spiro atoms. The van der Waals surface area contributed by atoms with Crippen molar-refractivity contribution in [3.05, 3.63) is 83.6 Å². The first-order valence-corrected chi connectivity index (χ1v) is 11.9. The average Bonchev–Trinajstić information content (AvgIpc) is 3.21. The molecule has 0 aliphatic heterocycles. The minimum absolute atomic E-state index is 0.187. The van der Waals surface area contributed by atoms with Crippen molar-refractivity contribution >= 4 is 39.9 Å². The van der Waals surface area contributed by atoms with E-state index in [1.54, 1.807) is 31.2 Å². The molecular weight excluding hydrogens is 430 g/mol. The van der Waals surface area contributed by atoms with Crippen molar-refractivity contribution in [2.75, 3.05) is 18.7 Å². The van der Waals surface area contributed by atoms with E-state index >= 15 is 0 Å². The van der Waals surface area contributed by atoms with Gasteiger partial charge < -0.3 is 14.5 Å². The van der Waals surface area contributed by atoms with Gasteiger partial charge in [-0.3, -0.25) is 4.79 Å². The molecule has 0 radical (unpaired) electrons. The third kappa shape index (κ3) is 4.83. The Labute approximate surface area is 198 Å². The predicted octanol–water partition coefficient (Wildman–Crippen LogP) is 7.49. The Balaban J connectivity index is 1.69. The normalized spacial score (nSPS) is 11.6. The number of thioether (sulfide) groups is 1. The van der Waals surface area contributed by atoms with Crippen LogP contribution in [-0.2, 0) is 4.79 Å². The van der Waals surface area contributed by atoms with E-state index in [2.05, 4.69) is 37.4 Å². The number of rotatable bonds is 6. The number of amides is 1. The maximum atomic E-state index is 12.7. The topological polar surface area (TPSA) is 51.5 Å². The number of hydrogen-bond acceptors (Lipinski definition) is 4. The number of ether oxygens (including phenoxy) is 1. The van der Waals surface area contributed by atoms with E-state index in [-0.39, 0.29) is 5.91 Å². The average molecular weight is 458 g/mol. The van der Waals surface area contributed by atoms with Gasteiger partial charge in [0.1, 0.15) is 11.3 Å². The lowest BCUT2D eigenvalue weighted by molar-refractivity contribution is -0.111. The van der Waals surface area contributed by atoms with Gasteiger partial charge in [-0.2, -0.15) is 0 Å². The van der Waals surface area contributed by atoms with Gasteiger partial charge in [0.2, 0.25) is 5.91 Å². The lowest BCUT2D eigenvalue weighted by atomic mass is 9.96. The first kappa shape index (κ1) is 22.7. The monoisotopic (exact) mass is 457 g/mol. The number of furan rings is 1. The van der Waals surface area contributed by atoms with E-state index in [1.165, 1.54) is 11.1 Å². The molecule has 4 nitrogen and oxygen atoms in total. The summed E-state index contributed by atoms with van der Waals surface area (Å²) in [7, 11) is 1.62. The van der Waals surface area contributed by atoms with Crippen molar-refractivity contribution in [2.24, 2.45) is 0 Å². The van der Waals surface area contributed by atoms with Gasteiger partial charge >= 0.3 is 0 Å². The highest BCUT2D eigenvalue weighted by Gasteiger charge is 2.16. The Morgan fingerprint density at radius 3 is 2.45 bits per heavy atom. The fourth-order valence-electron chi connectivity index (χ4n) is 3.98. The van der Waals surface area contributed by atoms with Crippen LogP contribution in [0.3, 0.4) is 0 Å². The number of anilines is 1. The molecule has 0 bridgehead atoms. The Hall–Kier alpha value is -3.44. The van der Waals surface area contributed by atoms with Crippen molar-refractivity contribution < 1.29 is 13.9 Å². The number of aryl methyl sites for hydroxylation is 2. The molecule has 4 aromatic rings. The SMILES string of the molecule is COc1cc2occ(-c3ccc(C)cc3C)c2cc1/C(C)=C/C(=O)Nc1ccc(SC)cc1. The van der Waals surface area contributed by atoms with Crippen LogP contribution in [0.1, 0.15) is 23.6 Å². The minimum atomic E-state index is -0.187. The number of carbonyl (C=O) groups is 1. The van der Waals surface area contributed by atoms with Crippen LogP contribution >= 0.6 is 11.8 Å². The van der Waals surface area contributed by atoms with Crippen molar-refractivity contribution in [2.45, 2.75) is 25.7 Å². The molecule has 0 aliphatic carbocycles. The van der Waals surface area contributed by atoms with Crippen molar-refractivity contribution in [3.8, 4) is 16.9 Å². The van der Waals surface area contributed by atoms with Crippen LogP contribution in [0, 0.1) is 13.8 Å². The van der Waals surface area contributed by atoms with Crippen molar-refractivity contribution in [1.82, 2.24) is 0 Å². The van der Waals surface area contributed by atoms with Crippen LogP contribution in [0.15, 0.2) is 76.2 Å². The second-order valence-electron chi connectivity index (χ2n) is 8.06. The third-order valence-electron chi connectivity index (χ3n) is 5.70. The van der Waals surface area contributed by atoms with Gasteiger partial charge in [-0.05, 0) is 74.1 Å². The summed E-state index contributed by atoms with van der Waals surface area (Å²) in [6, 6.07) is 18.1. The maximum absolute atomic E-state index is 12.7. The molecule has 0 saturated carbocycles. The summed E-state index contributed by atoms with van der Waals surface area (Å²) >= 11 is 1.66. The molecule has 0 unspecified atom stereocenters. The zero-order valence-corrected chi connectivity index (χ0v) is 20.3. The minimum Gasteiger partial charge on any atom is -0.496 e. The predicted molar refractivity (Wildman–Crippen MR) is 138 cm³/mol. The number of hydrogen-bond donors (Lipinski definition) is 1. The summed E-state index contributed by atoms with van der Waals surface area (Å²) in [5.74, 6) is 0.475. The van der Waals surface area contributed by atoms with Crippen LogP contribution in [0.4, 0.5) is 5.69 Å². The highest BCUT2D eigenvalue weighted by atomic mass is 32.2. The molecule has 0 atom stereocenters. The molecule has 33 heavy (non-hydrogen) atoms.